The molecular formula is C30H27FN6O2. The number of nitrogens with two attached hydrogens (primary N) is 1. The molecule has 0 radical (unpaired) electrons. The molecule has 0 atom stereocenters. The summed E-state index contributed by atoms with van der Waals surface area (Å²) in [5.41, 5.74) is 9.71. The number of aromatic nitrogens is 5. The average molecular weight is 523 g/mol. The summed E-state index contributed by atoms with van der Waals surface area (Å²) in [6.45, 7) is -0.355. The molecule has 8 nitrogen and oxygen atoms in total. The number of rotatable bonds is 7. The van der Waals surface area contributed by atoms with Crippen molar-refractivity contribution < 1.29 is 9.50 Å². The minimum absolute atomic E-state index is 0.0384. The normalized spacial score (nSPS) is 15.2. The van der Waals surface area contributed by atoms with Crippen molar-refractivity contribution in [2.24, 2.45) is 0 Å². The van der Waals surface area contributed by atoms with Gasteiger partial charge in [0, 0.05) is 36.0 Å². The Balaban J connectivity index is 1.29. The molecule has 2 aromatic carbocycles. The number of hydrogen-bond acceptors (Lipinski definition) is 6. The van der Waals surface area contributed by atoms with Crippen molar-refractivity contribution in [1.82, 2.24) is 24.3 Å². The molecule has 39 heavy (non-hydrogen) atoms. The van der Waals surface area contributed by atoms with Gasteiger partial charge in [0.2, 0.25) is 0 Å². The van der Waals surface area contributed by atoms with Crippen LogP contribution in [0.4, 0.5) is 10.2 Å². The molecule has 196 valence electrons. The number of halogens is 1. The molecule has 0 saturated heterocycles. The lowest BCUT2D eigenvalue weighted by Crippen LogP contribution is -2.20. The first-order chi connectivity index (χ1) is 19.0. The van der Waals surface area contributed by atoms with E-state index in [4.69, 9.17) is 10.7 Å². The maximum absolute atomic E-state index is 15.1. The zero-order valence-electron chi connectivity index (χ0n) is 21.2. The number of fused-ring (bicyclic) bond motifs is 1. The Labute approximate surface area is 223 Å². The highest BCUT2D eigenvalue weighted by Gasteiger charge is 2.26. The lowest BCUT2D eigenvalue weighted by atomic mass is 10.0. The molecule has 0 aliphatic heterocycles. The minimum atomic E-state index is -0.520. The largest absolute Gasteiger partial charge is 0.392 e. The summed E-state index contributed by atoms with van der Waals surface area (Å²) in [5, 5.41) is 15.5. The van der Waals surface area contributed by atoms with Crippen molar-refractivity contribution in [3.8, 4) is 16.9 Å². The molecule has 0 spiro atoms. The molecule has 2 fully saturated rings. The van der Waals surface area contributed by atoms with Crippen LogP contribution < -0.4 is 11.3 Å². The highest BCUT2D eigenvalue weighted by Crippen LogP contribution is 2.41. The van der Waals surface area contributed by atoms with Gasteiger partial charge in [0.25, 0.3) is 5.56 Å². The first kappa shape index (κ1) is 23.7. The fraction of sp³-hybridized carbons (Fsp3) is 0.267. The fourth-order valence-electron chi connectivity index (χ4n) is 5.32. The summed E-state index contributed by atoms with van der Waals surface area (Å²) in [7, 11) is 0. The zero-order valence-corrected chi connectivity index (χ0v) is 21.2. The van der Waals surface area contributed by atoms with Crippen LogP contribution in [-0.4, -0.2) is 29.4 Å². The number of aliphatic hydroxyl groups is 1. The van der Waals surface area contributed by atoms with Crippen LogP contribution in [0.25, 0.3) is 27.7 Å². The third-order valence-corrected chi connectivity index (χ3v) is 7.60. The summed E-state index contributed by atoms with van der Waals surface area (Å²) < 4.78 is 18.5. The molecule has 0 bridgehead atoms. The SMILES string of the molecule is Nc1cc(-c2cccc(-n3ccc4cc(C5CC5)cc(F)c4c3=O)c2CO)nc(Cc2cnn(C3CC3)c2)n1. The zero-order chi connectivity index (χ0) is 26.7. The van der Waals surface area contributed by atoms with Crippen LogP contribution in [0.15, 0.2) is 65.8 Å². The molecule has 3 N–H and O–H groups in total. The molecule has 3 heterocycles. The smallest absolute Gasteiger partial charge is 0.265 e. The van der Waals surface area contributed by atoms with E-state index in [0.29, 0.717) is 57.9 Å². The van der Waals surface area contributed by atoms with Gasteiger partial charge in [-0.2, -0.15) is 5.10 Å². The fourth-order valence-corrected chi connectivity index (χ4v) is 5.32. The van der Waals surface area contributed by atoms with Crippen LogP contribution >= 0.6 is 0 Å². The second kappa shape index (κ2) is 9.13. The molecule has 2 aliphatic rings. The first-order valence-electron chi connectivity index (χ1n) is 13.2. The molecule has 2 aliphatic carbocycles. The maximum atomic E-state index is 15.1. The quantitative estimate of drug-likeness (QED) is 0.322. The molecule has 2 saturated carbocycles. The van der Waals surface area contributed by atoms with E-state index in [2.05, 4.69) is 10.1 Å². The second-order valence-corrected chi connectivity index (χ2v) is 10.5. The van der Waals surface area contributed by atoms with Crippen LogP contribution in [0.1, 0.15) is 60.2 Å². The van der Waals surface area contributed by atoms with Gasteiger partial charge in [0.05, 0.1) is 35.6 Å². The highest BCUT2D eigenvalue weighted by molar-refractivity contribution is 5.83. The van der Waals surface area contributed by atoms with Crippen LogP contribution in [0.5, 0.6) is 0 Å². The molecule has 7 rings (SSSR count). The number of anilines is 1. The summed E-state index contributed by atoms with van der Waals surface area (Å²) in [6, 6.07) is 12.6. The molecule has 0 unspecified atom stereocenters. The number of nitrogen functional groups attached to an aromatic ring is 1. The molecular weight excluding hydrogens is 495 g/mol. The predicted octanol–water partition coefficient (Wildman–Crippen LogP) is 4.66. The predicted molar refractivity (Wildman–Crippen MR) is 146 cm³/mol. The van der Waals surface area contributed by atoms with E-state index in [1.54, 1.807) is 30.5 Å². The Kier molecular flexibility index (Phi) is 5.55. The third-order valence-electron chi connectivity index (χ3n) is 7.60. The molecule has 3 aromatic heterocycles. The van der Waals surface area contributed by atoms with E-state index in [0.717, 1.165) is 36.8 Å². The summed E-state index contributed by atoms with van der Waals surface area (Å²) in [5.74, 6) is 0.693. The van der Waals surface area contributed by atoms with E-state index in [9.17, 15) is 9.90 Å². The van der Waals surface area contributed by atoms with Gasteiger partial charge in [-0.15, -0.1) is 0 Å². The number of nitrogens with zero attached hydrogens (tertiary/aromatic N) is 5. The Morgan fingerprint density at radius 2 is 1.92 bits per heavy atom. The minimum Gasteiger partial charge on any atom is -0.392 e. The maximum Gasteiger partial charge on any atom is 0.265 e. The Bertz CT molecular complexity index is 1800. The van der Waals surface area contributed by atoms with Crippen molar-refractivity contribution in [3.05, 3.63) is 99.7 Å². The van der Waals surface area contributed by atoms with Crippen LogP contribution in [0.2, 0.25) is 0 Å². The highest BCUT2D eigenvalue weighted by atomic mass is 19.1. The monoisotopic (exact) mass is 522 g/mol. The Hall–Kier alpha value is -4.37. The first-order valence-corrected chi connectivity index (χ1v) is 13.2. The van der Waals surface area contributed by atoms with Crippen molar-refractivity contribution >= 4 is 16.6 Å². The van der Waals surface area contributed by atoms with E-state index < -0.39 is 11.4 Å². The van der Waals surface area contributed by atoms with Crippen LogP contribution in [-0.2, 0) is 13.0 Å². The Morgan fingerprint density at radius 3 is 2.69 bits per heavy atom. The van der Waals surface area contributed by atoms with Crippen molar-refractivity contribution in [1.29, 1.82) is 0 Å². The summed E-state index contributed by atoms with van der Waals surface area (Å²) >= 11 is 0. The van der Waals surface area contributed by atoms with Gasteiger partial charge in [-0.05, 0) is 66.3 Å². The summed E-state index contributed by atoms with van der Waals surface area (Å²) in [6.07, 6.45) is 10.3. The number of benzene rings is 2. The van der Waals surface area contributed by atoms with Crippen molar-refractivity contribution in [2.75, 3.05) is 5.73 Å². The van der Waals surface area contributed by atoms with Gasteiger partial charge < -0.3 is 10.8 Å². The van der Waals surface area contributed by atoms with E-state index >= 15 is 4.39 Å². The van der Waals surface area contributed by atoms with Gasteiger partial charge in [-0.1, -0.05) is 18.2 Å². The van der Waals surface area contributed by atoms with Gasteiger partial charge in [-0.3, -0.25) is 14.0 Å². The van der Waals surface area contributed by atoms with Gasteiger partial charge in [0.1, 0.15) is 17.5 Å². The number of aliphatic hydroxyl groups excluding tert-OH is 1. The van der Waals surface area contributed by atoms with E-state index in [1.165, 1.54) is 10.6 Å². The van der Waals surface area contributed by atoms with Crippen molar-refractivity contribution in [2.45, 2.75) is 50.7 Å². The lowest BCUT2D eigenvalue weighted by molar-refractivity contribution is 0.282. The van der Waals surface area contributed by atoms with E-state index in [1.807, 2.05) is 29.2 Å². The average Bonchev–Trinajstić information content (AvgIpc) is 3.86. The van der Waals surface area contributed by atoms with E-state index in [-0.39, 0.29) is 12.0 Å². The Morgan fingerprint density at radius 1 is 1.08 bits per heavy atom. The molecule has 5 aromatic rings. The number of pyridine rings is 1. The van der Waals surface area contributed by atoms with Crippen molar-refractivity contribution in [3.63, 3.8) is 0 Å². The lowest BCUT2D eigenvalue weighted by Gasteiger charge is -2.16. The number of hydrogen-bond donors (Lipinski definition) is 2. The standard InChI is InChI=1S/C30H27FN6O2/c31-24-12-20(18-4-5-18)11-19-8-9-36(30(39)29(19)24)26-3-1-2-22(23(26)16-38)25-13-27(32)35-28(34-25)10-17-14-33-37(15-17)21-6-7-21/h1-3,8-9,11-15,18,21,38H,4-7,10,16H2,(H2,32,34,35). The van der Waals surface area contributed by atoms with Crippen LogP contribution in [0, 0.1) is 5.82 Å². The third kappa shape index (κ3) is 4.38. The second-order valence-electron chi connectivity index (χ2n) is 10.5. The van der Waals surface area contributed by atoms with Gasteiger partial charge >= 0.3 is 0 Å². The summed E-state index contributed by atoms with van der Waals surface area (Å²) in [4.78, 5) is 22.7. The molecule has 0 amide bonds. The van der Waals surface area contributed by atoms with Gasteiger partial charge in [0.15, 0.2) is 0 Å². The molecule has 9 heteroatoms. The topological polar surface area (TPSA) is 112 Å². The van der Waals surface area contributed by atoms with Gasteiger partial charge in [-0.25, -0.2) is 14.4 Å². The van der Waals surface area contributed by atoms with Crippen LogP contribution in [0.3, 0.4) is 0 Å².